The van der Waals surface area contributed by atoms with Crippen molar-refractivity contribution in [1.82, 2.24) is 0 Å². The lowest BCUT2D eigenvalue weighted by molar-refractivity contribution is -0.144. The molecule has 3 N–H and O–H groups in total. The van der Waals surface area contributed by atoms with Crippen LogP contribution in [0.1, 0.15) is 23.6 Å². The smallest absolute Gasteiger partial charge is 0.341 e. The van der Waals surface area contributed by atoms with Gasteiger partial charge in [-0.1, -0.05) is 76.6 Å². The third-order valence-electron chi connectivity index (χ3n) is 6.42. The summed E-state index contributed by atoms with van der Waals surface area (Å²) in [7, 11) is 0. The molecule has 1 amide bonds. The number of rotatable bonds is 6. The molecule has 3 aromatic rings. The van der Waals surface area contributed by atoms with Crippen LogP contribution in [0.2, 0.25) is 0 Å². The Balaban J connectivity index is 1.60. The summed E-state index contributed by atoms with van der Waals surface area (Å²) in [5.74, 6) is -2.65. The number of carbonyl (C=O) groups is 3. The number of carbonyl (C=O) groups excluding carboxylic acids is 3. The van der Waals surface area contributed by atoms with Gasteiger partial charge in [-0.3, -0.25) is 4.79 Å². The molecular weight excluding hydrogens is 552 g/mol. The van der Waals surface area contributed by atoms with E-state index in [1.165, 1.54) is 6.92 Å². The largest absolute Gasteiger partial charge is 0.457 e. The number of ether oxygens (including phenoxy) is 3. The number of hydrogen-bond acceptors (Lipinski definition) is 7. The molecule has 0 saturated heterocycles. The van der Waals surface area contributed by atoms with E-state index in [-0.39, 0.29) is 36.0 Å². The van der Waals surface area contributed by atoms with Gasteiger partial charge >= 0.3 is 11.9 Å². The van der Waals surface area contributed by atoms with Crippen LogP contribution in [0, 0.1) is 0 Å². The highest BCUT2D eigenvalue weighted by Crippen LogP contribution is 2.53. The summed E-state index contributed by atoms with van der Waals surface area (Å²) in [5.41, 5.74) is 6.12. The van der Waals surface area contributed by atoms with Crippen LogP contribution in [-0.2, 0) is 47.2 Å². The standard InChI is InChI=1S/C29H23BrN2O6/c1-17-23(26(33)36-15-18-8-4-2-5-9-18)29(21-14-20(30)12-13-22(21)32-28(29)35)24(25(31)38-17)27(34)37-16-19-10-6-3-7-11-19/h2-14H,15-16,31H2,1H3,(H,32,35). The van der Waals surface area contributed by atoms with Crippen LogP contribution in [0.4, 0.5) is 5.69 Å². The molecule has 3 aromatic carbocycles. The lowest BCUT2D eigenvalue weighted by Gasteiger charge is -2.35. The summed E-state index contributed by atoms with van der Waals surface area (Å²) < 4.78 is 17.5. The first kappa shape index (κ1) is 25.3. The molecule has 9 heteroatoms. The van der Waals surface area contributed by atoms with Crippen molar-refractivity contribution in [3.8, 4) is 0 Å². The van der Waals surface area contributed by atoms with Gasteiger partial charge in [-0.25, -0.2) is 9.59 Å². The Labute approximate surface area is 227 Å². The second-order valence-electron chi connectivity index (χ2n) is 8.79. The van der Waals surface area contributed by atoms with Crippen LogP contribution < -0.4 is 11.1 Å². The Morgan fingerprint density at radius 2 is 1.45 bits per heavy atom. The number of nitrogens with two attached hydrogens (primary N) is 1. The Morgan fingerprint density at radius 1 is 0.895 bits per heavy atom. The minimum atomic E-state index is -1.95. The lowest BCUT2D eigenvalue weighted by atomic mass is 9.67. The third kappa shape index (κ3) is 4.35. The number of esters is 2. The van der Waals surface area contributed by atoms with Gasteiger partial charge in [0.15, 0.2) is 0 Å². The second kappa shape index (κ2) is 10.2. The molecule has 192 valence electrons. The molecule has 8 nitrogen and oxygen atoms in total. The first-order chi connectivity index (χ1) is 18.3. The number of allylic oxidation sites excluding steroid dienone is 1. The summed E-state index contributed by atoms with van der Waals surface area (Å²) in [6.45, 7) is 1.38. The van der Waals surface area contributed by atoms with Gasteiger partial charge in [-0.15, -0.1) is 0 Å². The fourth-order valence-electron chi connectivity index (χ4n) is 4.75. The zero-order valence-electron chi connectivity index (χ0n) is 20.3. The minimum absolute atomic E-state index is 0.0446. The van der Waals surface area contributed by atoms with Crippen molar-refractivity contribution in [3.05, 3.63) is 123 Å². The molecule has 1 unspecified atom stereocenters. The first-order valence-electron chi connectivity index (χ1n) is 11.8. The number of fused-ring (bicyclic) bond motifs is 2. The molecule has 0 radical (unpaired) electrons. The zero-order chi connectivity index (χ0) is 26.9. The average molecular weight is 575 g/mol. The Hall–Kier alpha value is -4.37. The molecular formula is C29H23BrN2O6. The predicted molar refractivity (Wildman–Crippen MR) is 142 cm³/mol. The van der Waals surface area contributed by atoms with E-state index in [1.807, 2.05) is 36.4 Å². The Bertz CT molecular complexity index is 1420. The van der Waals surface area contributed by atoms with Gasteiger partial charge in [0.1, 0.15) is 35.5 Å². The maximum Gasteiger partial charge on any atom is 0.341 e. The van der Waals surface area contributed by atoms with Crippen LogP contribution in [-0.4, -0.2) is 17.8 Å². The predicted octanol–water partition coefficient (Wildman–Crippen LogP) is 4.60. The quantitative estimate of drug-likeness (QED) is 0.413. The molecule has 2 heterocycles. The third-order valence-corrected chi connectivity index (χ3v) is 6.91. The summed E-state index contributed by atoms with van der Waals surface area (Å²) in [6.07, 6.45) is 0. The molecule has 0 fully saturated rings. The van der Waals surface area contributed by atoms with E-state index < -0.39 is 23.3 Å². The normalized spacial score (nSPS) is 18.1. The Kier molecular flexibility index (Phi) is 6.77. The average Bonchev–Trinajstić information content (AvgIpc) is 3.18. The van der Waals surface area contributed by atoms with Gasteiger partial charge in [-0.05, 0) is 36.2 Å². The van der Waals surface area contributed by atoms with E-state index in [0.29, 0.717) is 15.7 Å². The summed E-state index contributed by atoms with van der Waals surface area (Å²) in [6, 6.07) is 23.2. The number of halogens is 1. The molecule has 0 aliphatic carbocycles. The molecule has 1 atom stereocenters. The van der Waals surface area contributed by atoms with Crippen molar-refractivity contribution in [1.29, 1.82) is 0 Å². The monoisotopic (exact) mass is 574 g/mol. The van der Waals surface area contributed by atoms with E-state index in [2.05, 4.69) is 21.2 Å². The van der Waals surface area contributed by atoms with Crippen LogP contribution >= 0.6 is 15.9 Å². The van der Waals surface area contributed by atoms with E-state index in [1.54, 1.807) is 42.5 Å². The van der Waals surface area contributed by atoms with Gasteiger partial charge in [-0.2, -0.15) is 0 Å². The fraction of sp³-hybridized carbons (Fsp3) is 0.138. The van der Waals surface area contributed by atoms with E-state index in [0.717, 1.165) is 11.1 Å². The number of hydrogen-bond donors (Lipinski definition) is 2. The number of anilines is 1. The Morgan fingerprint density at radius 3 is 2.03 bits per heavy atom. The van der Waals surface area contributed by atoms with Crippen molar-refractivity contribution in [2.75, 3.05) is 5.32 Å². The molecule has 2 aliphatic heterocycles. The van der Waals surface area contributed by atoms with Crippen LogP contribution in [0.3, 0.4) is 0 Å². The van der Waals surface area contributed by atoms with Crippen molar-refractivity contribution in [3.63, 3.8) is 0 Å². The molecule has 5 rings (SSSR count). The highest BCUT2D eigenvalue weighted by Gasteiger charge is 2.62. The number of amides is 1. The number of nitrogens with one attached hydrogen (secondary N) is 1. The topological polar surface area (TPSA) is 117 Å². The second-order valence-corrected chi connectivity index (χ2v) is 9.71. The molecule has 38 heavy (non-hydrogen) atoms. The highest BCUT2D eigenvalue weighted by molar-refractivity contribution is 9.10. The van der Waals surface area contributed by atoms with Crippen molar-refractivity contribution < 1.29 is 28.6 Å². The highest BCUT2D eigenvalue weighted by atomic mass is 79.9. The summed E-state index contributed by atoms with van der Waals surface area (Å²) in [4.78, 5) is 41.2. The van der Waals surface area contributed by atoms with Crippen LogP contribution in [0.5, 0.6) is 0 Å². The van der Waals surface area contributed by atoms with Gasteiger partial charge in [0.2, 0.25) is 11.8 Å². The number of benzene rings is 3. The molecule has 2 aliphatic rings. The van der Waals surface area contributed by atoms with E-state index in [4.69, 9.17) is 19.9 Å². The van der Waals surface area contributed by atoms with Crippen LogP contribution in [0.15, 0.2) is 106 Å². The SMILES string of the molecule is CC1=C(C(=O)OCc2ccccc2)C2(C(=O)Nc3ccc(Br)cc32)C(C(=O)OCc2ccccc2)=C(N)O1. The molecule has 0 aromatic heterocycles. The molecule has 1 spiro atoms. The molecule has 0 saturated carbocycles. The van der Waals surface area contributed by atoms with Gasteiger partial charge in [0.25, 0.3) is 0 Å². The zero-order valence-corrected chi connectivity index (χ0v) is 21.9. The first-order valence-corrected chi connectivity index (χ1v) is 12.5. The molecule has 0 bridgehead atoms. The minimum Gasteiger partial charge on any atom is -0.457 e. The van der Waals surface area contributed by atoms with E-state index in [9.17, 15) is 14.4 Å². The van der Waals surface area contributed by atoms with Crippen molar-refractivity contribution in [2.45, 2.75) is 25.6 Å². The fourth-order valence-corrected chi connectivity index (χ4v) is 5.11. The van der Waals surface area contributed by atoms with Gasteiger partial charge in [0.05, 0.1) is 0 Å². The van der Waals surface area contributed by atoms with E-state index >= 15 is 0 Å². The van der Waals surface area contributed by atoms with Gasteiger partial charge in [0, 0.05) is 15.7 Å². The lowest BCUT2D eigenvalue weighted by Crippen LogP contribution is -2.48. The summed E-state index contributed by atoms with van der Waals surface area (Å²) >= 11 is 3.44. The maximum atomic E-state index is 13.9. The van der Waals surface area contributed by atoms with Crippen molar-refractivity contribution >= 4 is 39.5 Å². The van der Waals surface area contributed by atoms with Crippen molar-refractivity contribution in [2.24, 2.45) is 5.73 Å². The van der Waals surface area contributed by atoms with Crippen LogP contribution in [0.25, 0.3) is 0 Å². The summed E-state index contributed by atoms with van der Waals surface area (Å²) in [5, 5.41) is 2.79. The van der Waals surface area contributed by atoms with Gasteiger partial charge < -0.3 is 25.3 Å². The maximum absolute atomic E-state index is 13.9.